The molecule has 1 heterocycles. The van der Waals surface area contributed by atoms with E-state index in [9.17, 15) is 13.2 Å². The van der Waals surface area contributed by atoms with Gasteiger partial charge in [-0.15, -0.1) is 0 Å². The van der Waals surface area contributed by atoms with Crippen LogP contribution in [0, 0.1) is 17.5 Å². The maximum Gasteiger partial charge on any atom is 0.169 e. The lowest BCUT2D eigenvalue weighted by Crippen LogP contribution is -1.97. The lowest BCUT2D eigenvalue weighted by molar-refractivity contribution is 0.505. The van der Waals surface area contributed by atoms with Crippen molar-refractivity contribution in [2.24, 2.45) is 0 Å². The maximum absolute atomic E-state index is 13.4. The first-order valence-corrected chi connectivity index (χ1v) is 5.05. The van der Waals surface area contributed by atoms with Gasteiger partial charge in [-0.3, -0.25) is 0 Å². The van der Waals surface area contributed by atoms with Crippen LogP contribution in [-0.2, 0) is 6.42 Å². The number of fused-ring (bicyclic) bond motifs is 1. The van der Waals surface area contributed by atoms with Crippen LogP contribution in [0.3, 0.4) is 0 Å². The number of halogens is 4. The van der Waals surface area contributed by atoms with Gasteiger partial charge in [-0.25, -0.2) is 18.2 Å². The van der Waals surface area contributed by atoms with Gasteiger partial charge in [0, 0.05) is 11.8 Å². The molecule has 0 spiro atoms. The molecule has 0 atom stereocenters. The van der Waals surface area contributed by atoms with Gasteiger partial charge in [0.1, 0.15) is 5.52 Å². The summed E-state index contributed by atoms with van der Waals surface area (Å²) in [4.78, 5) is 3.89. The van der Waals surface area contributed by atoms with Gasteiger partial charge in [0.15, 0.2) is 17.5 Å². The van der Waals surface area contributed by atoms with E-state index in [1.54, 1.807) is 0 Å². The standard InChI is InChI=1S/C11H7ClF3N/c1-2-5-3-6(12)9-10(15)7(13)4-8(14)11(9)16-5/h3-4H,2H2,1H3. The highest BCUT2D eigenvalue weighted by Crippen LogP contribution is 2.29. The molecule has 1 aromatic heterocycles. The van der Waals surface area contributed by atoms with Crippen molar-refractivity contribution in [1.82, 2.24) is 4.98 Å². The number of benzene rings is 1. The van der Waals surface area contributed by atoms with E-state index in [1.165, 1.54) is 6.07 Å². The third kappa shape index (κ3) is 1.63. The Balaban J connectivity index is 2.94. The predicted molar refractivity (Wildman–Crippen MR) is 56.0 cm³/mol. The second-order valence-electron chi connectivity index (χ2n) is 3.33. The number of rotatable bonds is 1. The fourth-order valence-electron chi connectivity index (χ4n) is 1.49. The Morgan fingerprint density at radius 1 is 1.19 bits per heavy atom. The van der Waals surface area contributed by atoms with Gasteiger partial charge in [0.2, 0.25) is 0 Å². The number of hydrogen-bond donors (Lipinski definition) is 0. The van der Waals surface area contributed by atoms with Crippen LogP contribution >= 0.6 is 11.6 Å². The van der Waals surface area contributed by atoms with Crippen molar-refractivity contribution in [2.75, 3.05) is 0 Å². The van der Waals surface area contributed by atoms with Crippen LogP contribution in [0.25, 0.3) is 10.9 Å². The molecule has 84 valence electrons. The summed E-state index contributed by atoms with van der Waals surface area (Å²) in [5.41, 5.74) is 0.297. The number of pyridine rings is 1. The van der Waals surface area contributed by atoms with Crippen molar-refractivity contribution in [3.63, 3.8) is 0 Å². The summed E-state index contributed by atoms with van der Waals surface area (Å²) in [6.45, 7) is 1.81. The maximum atomic E-state index is 13.4. The van der Waals surface area contributed by atoms with Crippen LogP contribution in [0.1, 0.15) is 12.6 Å². The molecule has 2 aromatic rings. The normalized spacial score (nSPS) is 11.1. The van der Waals surface area contributed by atoms with E-state index in [2.05, 4.69) is 4.98 Å². The van der Waals surface area contributed by atoms with Gasteiger partial charge in [0.25, 0.3) is 0 Å². The Labute approximate surface area is 94.9 Å². The van der Waals surface area contributed by atoms with E-state index in [0.29, 0.717) is 18.2 Å². The van der Waals surface area contributed by atoms with Crippen molar-refractivity contribution >= 4 is 22.5 Å². The topological polar surface area (TPSA) is 12.9 Å². The summed E-state index contributed by atoms with van der Waals surface area (Å²) in [7, 11) is 0. The Bertz CT molecular complexity index is 569. The van der Waals surface area contributed by atoms with E-state index < -0.39 is 17.5 Å². The zero-order chi connectivity index (χ0) is 11.9. The van der Waals surface area contributed by atoms with Gasteiger partial charge >= 0.3 is 0 Å². The highest BCUT2D eigenvalue weighted by molar-refractivity contribution is 6.35. The van der Waals surface area contributed by atoms with Crippen molar-refractivity contribution in [2.45, 2.75) is 13.3 Å². The third-order valence-electron chi connectivity index (χ3n) is 2.30. The van der Waals surface area contributed by atoms with E-state index in [-0.39, 0.29) is 15.9 Å². The fourth-order valence-corrected chi connectivity index (χ4v) is 1.79. The lowest BCUT2D eigenvalue weighted by Gasteiger charge is -2.06. The largest absolute Gasteiger partial charge is 0.250 e. The quantitative estimate of drug-likeness (QED) is 0.695. The molecule has 0 radical (unpaired) electrons. The van der Waals surface area contributed by atoms with Crippen molar-refractivity contribution < 1.29 is 13.2 Å². The van der Waals surface area contributed by atoms with E-state index >= 15 is 0 Å². The summed E-state index contributed by atoms with van der Waals surface area (Å²) in [5, 5.41) is -0.339. The minimum atomic E-state index is -1.27. The molecular weight excluding hydrogens is 239 g/mol. The van der Waals surface area contributed by atoms with Crippen LogP contribution in [-0.4, -0.2) is 4.98 Å². The zero-order valence-electron chi connectivity index (χ0n) is 8.32. The van der Waals surface area contributed by atoms with Crippen LogP contribution in [0.2, 0.25) is 5.02 Å². The molecule has 0 N–H and O–H groups in total. The number of nitrogens with zero attached hydrogens (tertiary/aromatic N) is 1. The summed E-state index contributed by atoms with van der Waals surface area (Å²) in [6, 6.07) is 1.88. The fraction of sp³-hybridized carbons (Fsp3) is 0.182. The molecule has 1 aromatic carbocycles. The molecule has 0 bridgehead atoms. The average Bonchev–Trinajstić information content (AvgIpc) is 2.25. The highest BCUT2D eigenvalue weighted by atomic mass is 35.5. The highest BCUT2D eigenvalue weighted by Gasteiger charge is 2.16. The molecule has 16 heavy (non-hydrogen) atoms. The number of hydrogen-bond acceptors (Lipinski definition) is 1. The molecule has 0 aliphatic carbocycles. The van der Waals surface area contributed by atoms with Crippen molar-refractivity contribution in [3.05, 3.63) is 40.3 Å². The second-order valence-corrected chi connectivity index (χ2v) is 3.73. The molecule has 0 saturated carbocycles. The molecule has 0 unspecified atom stereocenters. The smallest absolute Gasteiger partial charge is 0.169 e. The third-order valence-corrected chi connectivity index (χ3v) is 2.59. The molecule has 0 amide bonds. The molecule has 0 aliphatic rings. The Kier molecular flexibility index (Phi) is 2.76. The van der Waals surface area contributed by atoms with Gasteiger partial charge in [-0.2, -0.15) is 0 Å². The van der Waals surface area contributed by atoms with Crippen molar-refractivity contribution in [1.29, 1.82) is 0 Å². The molecule has 0 saturated heterocycles. The lowest BCUT2D eigenvalue weighted by atomic mass is 10.1. The number of aryl methyl sites for hydroxylation is 1. The van der Waals surface area contributed by atoms with Crippen LogP contribution in [0.5, 0.6) is 0 Å². The summed E-state index contributed by atoms with van der Waals surface area (Å²) >= 11 is 5.78. The SMILES string of the molecule is CCc1cc(Cl)c2c(F)c(F)cc(F)c2n1. The Morgan fingerprint density at radius 2 is 1.88 bits per heavy atom. The minimum absolute atomic E-state index is 0.0299. The van der Waals surface area contributed by atoms with Crippen LogP contribution in [0.15, 0.2) is 12.1 Å². The molecule has 0 fully saturated rings. The van der Waals surface area contributed by atoms with Gasteiger partial charge < -0.3 is 0 Å². The molecule has 1 nitrogen and oxygen atoms in total. The zero-order valence-corrected chi connectivity index (χ0v) is 9.08. The summed E-state index contributed by atoms with van der Waals surface area (Å²) in [5.74, 6) is -3.35. The van der Waals surface area contributed by atoms with E-state index in [1.807, 2.05) is 6.92 Å². The molecule has 5 heteroatoms. The minimum Gasteiger partial charge on any atom is -0.250 e. The Hall–Kier alpha value is -1.29. The molecule has 0 aliphatic heterocycles. The van der Waals surface area contributed by atoms with Gasteiger partial charge in [0.05, 0.1) is 10.4 Å². The van der Waals surface area contributed by atoms with E-state index in [0.717, 1.165) is 0 Å². The molecule has 2 rings (SSSR count). The number of aromatic nitrogens is 1. The first-order chi connectivity index (χ1) is 7.54. The summed E-state index contributed by atoms with van der Waals surface area (Å²) < 4.78 is 39.8. The van der Waals surface area contributed by atoms with Gasteiger partial charge in [-0.1, -0.05) is 18.5 Å². The molecular formula is C11H7ClF3N. The second kappa shape index (κ2) is 3.94. The van der Waals surface area contributed by atoms with E-state index in [4.69, 9.17) is 11.6 Å². The first-order valence-electron chi connectivity index (χ1n) is 4.67. The first kappa shape index (κ1) is 11.2. The summed E-state index contributed by atoms with van der Waals surface area (Å²) in [6.07, 6.45) is 0.536. The van der Waals surface area contributed by atoms with Crippen molar-refractivity contribution in [3.8, 4) is 0 Å². The van der Waals surface area contributed by atoms with Gasteiger partial charge in [-0.05, 0) is 12.5 Å². The Morgan fingerprint density at radius 3 is 2.50 bits per heavy atom. The van der Waals surface area contributed by atoms with Crippen LogP contribution in [0.4, 0.5) is 13.2 Å². The average molecular weight is 246 g/mol. The predicted octanol–water partition coefficient (Wildman–Crippen LogP) is 3.87. The van der Waals surface area contributed by atoms with Crippen LogP contribution < -0.4 is 0 Å². The monoisotopic (exact) mass is 245 g/mol.